The van der Waals surface area contributed by atoms with Crippen LogP contribution >= 0.6 is 19.2 Å². The van der Waals surface area contributed by atoms with Gasteiger partial charge in [-0.3, -0.25) is 9.13 Å². The summed E-state index contributed by atoms with van der Waals surface area (Å²) in [5, 5.41) is 24.2. The molecule has 0 radical (unpaired) electrons. The summed E-state index contributed by atoms with van der Waals surface area (Å²) in [4.78, 5) is 31.3. The normalized spacial score (nSPS) is 22.8. The molecule has 0 spiro atoms. The summed E-state index contributed by atoms with van der Waals surface area (Å²) in [6, 6.07) is 14.3. The number of nitrogens with zero attached hydrogens (tertiary/aromatic N) is 4. The number of nitrogens with one attached hydrogen (secondary N) is 1. The van der Waals surface area contributed by atoms with Crippen molar-refractivity contribution in [1.82, 2.24) is 19.5 Å². The van der Waals surface area contributed by atoms with Crippen LogP contribution in [0.5, 0.6) is 0 Å². The van der Waals surface area contributed by atoms with E-state index < -0.39 is 38.3 Å². The van der Waals surface area contributed by atoms with Gasteiger partial charge in [0.2, 0.25) is 5.28 Å². The molecule has 0 amide bonds. The minimum absolute atomic E-state index is 0.0608. The van der Waals surface area contributed by atoms with Crippen molar-refractivity contribution in [2.45, 2.75) is 37.4 Å². The molecule has 3 heterocycles. The second-order valence-corrected chi connectivity index (χ2v) is 11.3. The first-order chi connectivity index (χ1) is 17.7. The van der Waals surface area contributed by atoms with Crippen molar-refractivity contribution < 1.29 is 29.3 Å². The largest absolute Gasteiger partial charge is 0.388 e. The van der Waals surface area contributed by atoms with Gasteiger partial charge in [-0.1, -0.05) is 30.3 Å². The van der Waals surface area contributed by atoms with E-state index in [0.717, 1.165) is 17.7 Å². The Balaban J connectivity index is 1.30. The summed E-state index contributed by atoms with van der Waals surface area (Å²) in [7, 11) is -4.29. The highest BCUT2D eigenvalue weighted by Crippen LogP contribution is 2.41. The van der Waals surface area contributed by atoms with Gasteiger partial charge in [-0.25, -0.2) is 4.98 Å². The minimum atomic E-state index is -4.29. The van der Waals surface area contributed by atoms with Gasteiger partial charge in [-0.05, 0) is 58.8 Å². The van der Waals surface area contributed by atoms with Crippen molar-refractivity contribution in [3.05, 3.63) is 65.2 Å². The molecule has 11 nitrogen and oxygen atoms in total. The second kappa shape index (κ2) is 9.14. The van der Waals surface area contributed by atoms with Crippen molar-refractivity contribution in [2.75, 3.05) is 11.5 Å². The molecule has 4 atom stereocenters. The minimum Gasteiger partial charge on any atom is -0.388 e. The van der Waals surface area contributed by atoms with Crippen molar-refractivity contribution in [2.24, 2.45) is 0 Å². The summed E-state index contributed by atoms with van der Waals surface area (Å²) in [5.74, 6) is 0.353. The molecule has 2 unspecified atom stereocenters. The maximum Gasteiger partial charge on any atom is 0.325 e. The van der Waals surface area contributed by atoms with Gasteiger partial charge in [-0.2, -0.15) is 9.97 Å². The molecule has 13 heteroatoms. The highest BCUT2D eigenvalue weighted by molar-refractivity contribution is 7.51. The summed E-state index contributed by atoms with van der Waals surface area (Å²) >= 11 is 6.24. The fourth-order valence-corrected chi connectivity index (χ4v) is 5.75. The third-order valence-electron chi connectivity index (χ3n) is 6.77. The quantitative estimate of drug-likeness (QED) is 0.159. The molecule has 1 fully saturated rings. The second-order valence-electron chi connectivity index (χ2n) is 9.22. The van der Waals surface area contributed by atoms with Gasteiger partial charge in [0.25, 0.3) is 0 Å². The number of benzene rings is 2. The third-order valence-corrected chi connectivity index (χ3v) is 7.78. The lowest BCUT2D eigenvalue weighted by atomic mass is 10.1. The van der Waals surface area contributed by atoms with Crippen molar-refractivity contribution >= 4 is 41.9 Å². The molecule has 37 heavy (non-hydrogen) atoms. The Morgan fingerprint density at radius 2 is 1.86 bits per heavy atom. The van der Waals surface area contributed by atoms with Crippen LogP contribution in [-0.4, -0.2) is 64.0 Å². The number of ether oxygens (including phenoxy) is 1. The first kappa shape index (κ1) is 24.4. The molecular formula is C24H23ClN5O6P. The van der Waals surface area contributed by atoms with Crippen molar-refractivity contribution in [1.29, 1.82) is 0 Å². The maximum atomic E-state index is 11.3. The fraction of sp³-hybridized carbons (Fsp3) is 0.292. The number of imidazole rings is 1. The number of anilines is 2. The monoisotopic (exact) mass is 543 g/mol. The van der Waals surface area contributed by atoms with E-state index in [9.17, 15) is 14.8 Å². The van der Waals surface area contributed by atoms with Crippen LogP contribution in [0.25, 0.3) is 22.3 Å². The Labute approximate surface area is 215 Å². The van der Waals surface area contributed by atoms with Crippen LogP contribution in [0.3, 0.4) is 0 Å². The molecule has 1 aliphatic carbocycles. The first-order valence-corrected chi connectivity index (χ1v) is 13.8. The summed E-state index contributed by atoms with van der Waals surface area (Å²) in [5.41, 5.74) is 6.26. The number of aliphatic hydroxyl groups is 2. The highest BCUT2D eigenvalue weighted by atomic mass is 35.5. The molecule has 2 aromatic heterocycles. The van der Waals surface area contributed by atoms with Crippen molar-refractivity contribution in [3.8, 4) is 11.1 Å². The molecule has 0 saturated carbocycles. The van der Waals surface area contributed by atoms with Crippen LogP contribution in [0.1, 0.15) is 23.8 Å². The van der Waals surface area contributed by atoms with Crippen LogP contribution in [0, 0.1) is 0 Å². The number of hydrogen-bond acceptors (Lipinski definition) is 8. The number of hydrogen-bond donors (Lipinski definition) is 5. The predicted molar refractivity (Wildman–Crippen MR) is 136 cm³/mol. The molecule has 2 aliphatic rings. The van der Waals surface area contributed by atoms with E-state index in [1.165, 1.54) is 27.6 Å². The van der Waals surface area contributed by atoms with E-state index >= 15 is 0 Å². The number of halogens is 1. The molecule has 1 saturated heterocycles. The number of fused-ring (bicyclic) bond motifs is 4. The zero-order chi connectivity index (χ0) is 25.9. The molecule has 5 N–H and O–H groups in total. The summed E-state index contributed by atoms with van der Waals surface area (Å²) < 4.78 is 18.5. The molecule has 6 rings (SSSR count). The predicted octanol–water partition coefficient (Wildman–Crippen LogP) is 2.98. The van der Waals surface area contributed by atoms with Crippen LogP contribution in [0.2, 0.25) is 5.28 Å². The topological polar surface area (TPSA) is 163 Å². The zero-order valence-corrected chi connectivity index (χ0v) is 20.9. The first-order valence-electron chi connectivity index (χ1n) is 11.6. The maximum absolute atomic E-state index is 11.3. The Kier molecular flexibility index (Phi) is 6.04. The van der Waals surface area contributed by atoms with Gasteiger partial charge >= 0.3 is 7.60 Å². The summed E-state index contributed by atoms with van der Waals surface area (Å²) in [6.45, 7) is 0. The molecule has 0 bridgehead atoms. The Bertz CT molecular complexity index is 1560. The van der Waals surface area contributed by atoms with E-state index in [1.54, 1.807) is 0 Å². The van der Waals surface area contributed by atoms with E-state index in [0.29, 0.717) is 11.3 Å². The van der Waals surface area contributed by atoms with Crippen molar-refractivity contribution in [3.63, 3.8) is 0 Å². The van der Waals surface area contributed by atoms with Crippen LogP contribution in [0.4, 0.5) is 11.5 Å². The molecular weight excluding hydrogens is 521 g/mol. The van der Waals surface area contributed by atoms with Crippen LogP contribution in [-0.2, 0) is 15.7 Å². The van der Waals surface area contributed by atoms with Crippen LogP contribution in [0.15, 0.2) is 48.8 Å². The highest BCUT2D eigenvalue weighted by Gasteiger charge is 2.44. The third kappa shape index (κ3) is 4.53. The lowest BCUT2D eigenvalue weighted by molar-refractivity contribution is -0.0355. The SMILES string of the molecule is O=P(O)(O)CC[C@H]1O[C@@H](n2cnc3c(Nc4ccc5c(c4)-c4ccccc4C5)nc(Cl)nc32)C(O)C1O. The summed E-state index contributed by atoms with van der Waals surface area (Å²) in [6.07, 6.45) is -3.12. The van der Waals surface area contributed by atoms with E-state index in [-0.39, 0.29) is 17.4 Å². The van der Waals surface area contributed by atoms with E-state index in [4.69, 9.17) is 26.1 Å². The standard InChI is InChI=1S/C24H23ClN5O6P/c25-24-28-21(27-14-6-5-13-9-12-3-1-2-4-15(12)16(13)10-14)18-22(29-24)30(11-26-18)23-20(32)19(31)17(36-23)7-8-37(33,34)35/h1-6,10-11,17,19-20,23,31-32H,7-9H2,(H,27,28,29)(H2,33,34,35)/t17-,19?,20?,23-/m1/s1. The van der Waals surface area contributed by atoms with Gasteiger partial charge in [0.05, 0.1) is 18.6 Å². The van der Waals surface area contributed by atoms with E-state index in [1.807, 2.05) is 24.3 Å². The molecule has 2 aromatic carbocycles. The van der Waals surface area contributed by atoms with Gasteiger partial charge in [0, 0.05) is 5.69 Å². The van der Waals surface area contributed by atoms with Gasteiger partial charge in [0.15, 0.2) is 23.2 Å². The Morgan fingerprint density at radius 1 is 1.08 bits per heavy atom. The zero-order valence-electron chi connectivity index (χ0n) is 19.3. The van der Waals surface area contributed by atoms with Gasteiger partial charge in [0.1, 0.15) is 12.2 Å². The Hall–Kier alpha value is -2.89. The van der Waals surface area contributed by atoms with Crippen LogP contribution < -0.4 is 5.32 Å². The van der Waals surface area contributed by atoms with Gasteiger partial charge < -0.3 is 30.1 Å². The van der Waals surface area contributed by atoms with E-state index in [2.05, 4.69) is 38.5 Å². The molecule has 4 aromatic rings. The average molecular weight is 544 g/mol. The smallest absolute Gasteiger partial charge is 0.325 e. The number of aromatic nitrogens is 4. The van der Waals surface area contributed by atoms with Gasteiger partial charge in [-0.15, -0.1) is 0 Å². The lowest BCUT2D eigenvalue weighted by Crippen LogP contribution is -2.31. The Morgan fingerprint density at radius 3 is 2.68 bits per heavy atom. The fourth-order valence-electron chi connectivity index (χ4n) is 4.99. The molecule has 192 valence electrons. The lowest BCUT2D eigenvalue weighted by Gasteiger charge is -2.17. The molecule has 1 aliphatic heterocycles. The number of rotatable bonds is 6. The average Bonchev–Trinajstić information content (AvgIpc) is 3.51. The number of aliphatic hydroxyl groups excluding tert-OH is 2.